The summed E-state index contributed by atoms with van der Waals surface area (Å²) in [7, 11) is 0. The summed E-state index contributed by atoms with van der Waals surface area (Å²) in [6.45, 7) is 9.57. The van der Waals surface area contributed by atoms with Crippen LogP contribution < -0.4 is 4.90 Å². The van der Waals surface area contributed by atoms with Crippen LogP contribution in [0, 0.1) is 31.5 Å². The molecule has 1 amide bonds. The molecule has 0 radical (unpaired) electrons. The highest BCUT2D eigenvalue weighted by Crippen LogP contribution is 2.30. The van der Waals surface area contributed by atoms with E-state index in [-0.39, 0.29) is 11.7 Å². The molecule has 4 heteroatoms. The number of piperidine rings is 2. The molecular weight excluding hydrogens is 315 g/mol. The molecule has 1 aromatic rings. The molecule has 3 nitrogen and oxygen atoms in total. The fourth-order valence-electron chi connectivity index (χ4n) is 4.20. The lowest BCUT2D eigenvalue weighted by Crippen LogP contribution is -2.45. The van der Waals surface area contributed by atoms with Crippen LogP contribution in [0.15, 0.2) is 12.1 Å². The number of amides is 1. The van der Waals surface area contributed by atoms with Crippen LogP contribution >= 0.6 is 0 Å². The highest BCUT2D eigenvalue weighted by molar-refractivity contribution is 5.79. The second-order valence-electron chi connectivity index (χ2n) is 7.83. The zero-order valence-corrected chi connectivity index (χ0v) is 15.9. The molecule has 2 fully saturated rings. The Morgan fingerprint density at radius 3 is 2.24 bits per heavy atom. The third kappa shape index (κ3) is 3.99. The number of anilines is 1. The number of halogens is 1. The molecule has 0 saturated carbocycles. The summed E-state index contributed by atoms with van der Waals surface area (Å²) < 4.78 is 14.3. The van der Waals surface area contributed by atoms with Gasteiger partial charge in [0.25, 0.3) is 0 Å². The average Bonchev–Trinajstić information content (AvgIpc) is 2.64. The number of hydrogen-bond acceptors (Lipinski definition) is 2. The van der Waals surface area contributed by atoms with E-state index in [1.54, 1.807) is 6.07 Å². The molecule has 0 atom stereocenters. The molecule has 0 spiro atoms. The van der Waals surface area contributed by atoms with Gasteiger partial charge in [0.2, 0.25) is 5.91 Å². The van der Waals surface area contributed by atoms with E-state index < -0.39 is 0 Å². The maximum absolute atomic E-state index is 14.3. The van der Waals surface area contributed by atoms with Crippen LogP contribution in [-0.2, 0) is 4.79 Å². The summed E-state index contributed by atoms with van der Waals surface area (Å²) in [5.74, 6) is 1.09. The zero-order valence-electron chi connectivity index (χ0n) is 15.9. The van der Waals surface area contributed by atoms with E-state index in [0.717, 1.165) is 68.9 Å². The van der Waals surface area contributed by atoms with E-state index in [2.05, 4.69) is 16.7 Å². The molecule has 138 valence electrons. The number of likely N-dealkylation sites (tertiary alicyclic amines) is 1. The van der Waals surface area contributed by atoms with Gasteiger partial charge in [0, 0.05) is 32.1 Å². The van der Waals surface area contributed by atoms with Gasteiger partial charge in [0.05, 0.1) is 5.69 Å². The van der Waals surface area contributed by atoms with Crippen molar-refractivity contribution in [3.8, 4) is 0 Å². The van der Waals surface area contributed by atoms with Gasteiger partial charge in [-0.05, 0) is 68.7 Å². The topological polar surface area (TPSA) is 23.6 Å². The van der Waals surface area contributed by atoms with Crippen LogP contribution in [-0.4, -0.2) is 37.0 Å². The van der Waals surface area contributed by atoms with Gasteiger partial charge < -0.3 is 9.80 Å². The summed E-state index contributed by atoms with van der Waals surface area (Å²) in [5.41, 5.74) is 2.80. The lowest BCUT2D eigenvalue weighted by molar-refractivity contribution is -0.137. The number of carbonyl (C=O) groups is 1. The van der Waals surface area contributed by atoms with E-state index in [4.69, 9.17) is 0 Å². The number of carbonyl (C=O) groups excluding carboxylic acids is 1. The Morgan fingerprint density at radius 2 is 1.64 bits per heavy atom. The minimum absolute atomic E-state index is 0.115. The smallest absolute Gasteiger partial charge is 0.225 e. The minimum Gasteiger partial charge on any atom is -0.369 e. The predicted molar refractivity (Wildman–Crippen MR) is 100 cm³/mol. The molecule has 0 aromatic heterocycles. The van der Waals surface area contributed by atoms with Gasteiger partial charge in [-0.25, -0.2) is 4.39 Å². The largest absolute Gasteiger partial charge is 0.369 e. The lowest BCUT2D eigenvalue weighted by Gasteiger charge is -2.38. The summed E-state index contributed by atoms with van der Waals surface area (Å²) in [6.07, 6.45) is 5.18. The maximum atomic E-state index is 14.3. The highest BCUT2D eigenvalue weighted by atomic mass is 19.1. The number of nitrogens with zero attached hydrogens (tertiary/aromatic N) is 2. The molecule has 2 aliphatic heterocycles. The zero-order chi connectivity index (χ0) is 18.0. The van der Waals surface area contributed by atoms with Crippen molar-refractivity contribution >= 4 is 11.6 Å². The summed E-state index contributed by atoms with van der Waals surface area (Å²) in [5, 5.41) is 0. The number of aryl methyl sites for hydroxylation is 2. The molecule has 2 heterocycles. The molecule has 2 aliphatic rings. The number of rotatable bonds is 3. The van der Waals surface area contributed by atoms with Crippen molar-refractivity contribution in [1.82, 2.24) is 4.90 Å². The third-order valence-corrected chi connectivity index (χ3v) is 6.25. The average molecular weight is 346 g/mol. The Balaban J connectivity index is 1.57. The first-order valence-corrected chi connectivity index (χ1v) is 9.80. The quantitative estimate of drug-likeness (QED) is 0.814. The molecular formula is C21H31FN2O. The van der Waals surface area contributed by atoms with Crippen molar-refractivity contribution < 1.29 is 9.18 Å². The molecule has 25 heavy (non-hydrogen) atoms. The van der Waals surface area contributed by atoms with Gasteiger partial charge in [0.1, 0.15) is 5.82 Å². The van der Waals surface area contributed by atoms with Crippen LogP contribution in [0.25, 0.3) is 0 Å². The van der Waals surface area contributed by atoms with Crippen molar-refractivity contribution in [1.29, 1.82) is 0 Å². The van der Waals surface area contributed by atoms with Crippen LogP contribution in [0.3, 0.4) is 0 Å². The maximum Gasteiger partial charge on any atom is 0.225 e. The van der Waals surface area contributed by atoms with Crippen molar-refractivity contribution in [3.63, 3.8) is 0 Å². The molecule has 3 rings (SSSR count). The fourth-order valence-corrected chi connectivity index (χ4v) is 4.20. The van der Waals surface area contributed by atoms with Gasteiger partial charge in [-0.15, -0.1) is 0 Å². The second kappa shape index (κ2) is 7.76. The van der Waals surface area contributed by atoms with Crippen molar-refractivity contribution in [2.75, 3.05) is 31.1 Å². The van der Waals surface area contributed by atoms with Crippen molar-refractivity contribution in [3.05, 3.63) is 29.1 Å². The fraction of sp³-hybridized carbons (Fsp3) is 0.667. The Kier molecular flexibility index (Phi) is 5.65. The number of benzene rings is 1. The Morgan fingerprint density at radius 1 is 1.04 bits per heavy atom. The van der Waals surface area contributed by atoms with E-state index in [1.807, 2.05) is 19.9 Å². The normalized spacial score (nSPS) is 20.2. The van der Waals surface area contributed by atoms with E-state index in [1.165, 1.54) is 6.42 Å². The Labute approximate surface area is 151 Å². The molecule has 0 aliphatic carbocycles. The molecule has 0 N–H and O–H groups in total. The van der Waals surface area contributed by atoms with Gasteiger partial charge in [-0.3, -0.25) is 4.79 Å². The SMILES string of the molecule is CCC1CCN(C(=O)C2CCN(c3cc(C)c(C)cc3F)CC2)CC1. The molecule has 0 bridgehead atoms. The minimum atomic E-state index is -0.144. The predicted octanol–water partition coefficient (Wildman–Crippen LogP) is 4.31. The van der Waals surface area contributed by atoms with Crippen LogP contribution in [0.4, 0.5) is 10.1 Å². The van der Waals surface area contributed by atoms with Crippen LogP contribution in [0.2, 0.25) is 0 Å². The first kappa shape index (κ1) is 18.2. The summed E-state index contributed by atoms with van der Waals surface area (Å²) >= 11 is 0. The monoisotopic (exact) mass is 346 g/mol. The van der Waals surface area contributed by atoms with Crippen LogP contribution in [0.5, 0.6) is 0 Å². The summed E-state index contributed by atoms with van der Waals surface area (Å²) in [6, 6.07) is 3.57. The molecule has 1 aromatic carbocycles. The van der Waals surface area contributed by atoms with Crippen molar-refractivity contribution in [2.24, 2.45) is 11.8 Å². The second-order valence-corrected chi connectivity index (χ2v) is 7.83. The Hall–Kier alpha value is -1.58. The van der Waals surface area contributed by atoms with Crippen LogP contribution in [0.1, 0.15) is 50.2 Å². The number of hydrogen-bond donors (Lipinski definition) is 0. The lowest BCUT2D eigenvalue weighted by atomic mass is 9.91. The summed E-state index contributed by atoms with van der Waals surface area (Å²) in [4.78, 5) is 17.0. The standard InChI is InChI=1S/C21H31FN2O/c1-4-17-5-9-24(10-6-17)21(25)18-7-11-23(12-8-18)20-14-16(3)15(2)13-19(20)22/h13-14,17-18H,4-12H2,1-3H3. The first-order chi connectivity index (χ1) is 12.0. The van der Waals surface area contributed by atoms with Gasteiger partial charge in [0.15, 0.2) is 0 Å². The third-order valence-electron chi connectivity index (χ3n) is 6.25. The molecule has 0 unspecified atom stereocenters. The molecule has 2 saturated heterocycles. The van der Waals surface area contributed by atoms with Gasteiger partial charge in [-0.2, -0.15) is 0 Å². The van der Waals surface area contributed by atoms with Crippen molar-refractivity contribution in [2.45, 2.75) is 52.9 Å². The van der Waals surface area contributed by atoms with E-state index >= 15 is 0 Å². The Bertz CT molecular complexity index is 615. The van der Waals surface area contributed by atoms with E-state index in [9.17, 15) is 9.18 Å². The first-order valence-electron chi connectivity index (χ1n) is 9.80. The highest BCUT2D eigenvalue weighted by Gasteiger charge is 2.31. The van der Waals surface area contributed by atoms with E-state index in [0.29, 0.717) is 11.6 Å². The van der Waals surface area contributed by atoms with Gasteiger partial charge >= 0.3 is 0 Å². The van der Waals surface area contributed by atoms with Gasteiger partial charge in [-0.1, -0.05) is 13.3 Å².